The van der Waals surface area contributed by atoms with Crippen molar-refractivity contribution in [1.29, 1.82) is 0 Å². The van der Waals surface area contributed by atoms with Crippen molar-refractivity contribution in [2.24, 2.45) is 5.92 Å². The number of amides is 1. The number of nitrogens with zero attached hydrogens (tertiary/aromatic N) is 2. The summed E-state index contributed by atoms with van der Waals surface area (Å²) < 4.78 is 0. The third-order valence-corrected chi connectivity index (χ3v) is 5.16. The minimum Gasteiger partial charge on any atom is -0.355 e. The van der Waals surface area contributed by atoms with Gasteiger partial charge in [0.2, 0.25) is 5.91 Å². The number of carbonyl (C=O) groups is 1. The summed E-state index contributed by atoms with van der Waals surface area (Å²) in [5, 5.41) is 8.94. The molecule has 24 heavy (non-hydrogen) atoms. The van der Waals surface area contributed by atoms with Crippen LogP contribution in [0.4, 0.5) is 10.9 Å². The second-order valence-corrected chi connectivity index (χ2v) is 7.33. The van der Waals surface area contributed by atoms with E-state index in [4.69, 9.17) is 0 Å². The molecule has 2 aromatic rings. The van der Waals surface area contributed by atoms with E-state index in [1.54, 1.807) is 6.20 Å². The Morgan fingerprint density at radius 2 is 2.17 bits per heavy atom. The predicted octanol–water partition coefficient (Wildman–Crippen LogP) is 3.83. The Kier molecular flexibility index (Phi) is 5.80. The summed E-state index contributed by atoms with van der Waals surface area (Å²) in [5.41, 5.74) is 1.95. The lowest BCUT2D eigenvalue weighted by molar-refractivity contribution is -0.120. The molecule has 0 aromatic carbocycles. The number of anilines is 2. The number of aromatic nitrogens is 2. The number of hydrogen-bond donors (Lipinski definition) is 2. The van der Waals surface area contributed by atoms with Crippen LogP contribution in [-0.2, 0) is 11.2 Å². The van der Waals surface area contributed by atoms with Gasteiger partial charge in [-0.3, -0.25) is 4.79 Å². The maximum absolute atomic E-state index is 12.1. The van der Waals surface area contributed by atoms with Crippen LogP contribution in [0.2, 0.25) is 0 Å². The van der Waals surface area contributed by atoms with Gasteiger partial charge in [-0.15, -0.1) is 11.3 Å². The van der Waals surface area contributed by atoms with Crippen LogP contribution in [0.3, 0.4) is 0 Å². The molecule has 0 spiro atoms. The van der Waals surface area contributed by atoms with Crippen molar-refractivity contribution in [3.05, 3.63) is 35.0 Å². The van der Waals surface area contributed by atoms with Gasteiger partial charge in [-0.05, 0) is 43.4 Å². The van der Waals surface area contributed by atoms with E-state index in [9.17, 15) is 4.79 Å². The van der Waals surface area contributed by atoms with Crippen molar-refractivity contribution in [2.75, 3.05) is 11.9 Å². The average Bonchev–Trinajstić information content (AvgIpc) is 3.01. The molecule has 2 heterocycles. The molecule has 6 heteroatoms. The average molecular weight is 344 g/mol. The normalized spacial score (nSPS) is 15.2. The van der Waals surface area contributed by atoms with E-state index in [2.05, 4.69) is 20.6 Å². The van der Waals surface area contributed by atoms with Crippen LogP contribution >= 0.6 is 11.3 Å². The summed E-state index contributed by atoms with van der Waals surface area (Å²) in [6.45, 7) is 2.83. The lowest BCUT2D eigenvalue weighted by Gasteiger charge is -2.21. The van der Waals surface area contributed by atoms with Gasteiger partial charge in [-0.2, -0.15) is 0 Å². The van der Waals surface area contributed by atoms with Crippen LogP contribution < -0.4 is 10.6 Å². The maximum Gasteiger partial charge on any atom is 0.226 e. The Balaban J connectivity index is 1.47. The van der Waals surface area contributed by atoms with Crippen LogP contribution in [0.25, 0.3) is 0 Å². The van der Waals surface area contributed by atoms with Crippen molar-refractivity contribution in [3.63, 3.8) is 0 Å². The first-order valence-corrected chi connectivity index (χ1v) is 9.48. The third kappa shape index (κ3) is 5.03. The molecule has 0 unspecified atom stereocenters. The zero-order valence-corrected chi connectivity index (χ0v) is 14.9. The molecule has 1 aliphatic carbocycles. The molecular formula is C18H24N4OS. The molecule has 0 radical (unpaired) electrons. The molecule has 1 fully saturated rings. The first-order valence-electron chi connectivity index (χ1n) is 8.60. The molecule has 0 atom stereocenters. The van der Waals surface area contributed by atoms with Crippen molar-refractivity contribution >= 4 is 28.2 Å². The second-order valence-electron chi connectivity index (χ2n) is 6.47. The molecule has 128 valence electrons. The minimum absolute atomic E-state index is 0.0612. The highest BCUT2D eigenvalue weighted by Gasteiger charge is 2.15. The van der Waals surface area contributed by atoms with E-state index < -0.39 is 0 Å². The standard InChI is InChI=1S/C18H24N4OS/c1-13-7-8-19-16(9-13)22-18-21-15(12-24-18)10-17(23)20-11-14-5-3-2-4-6-14/h7-9,12,14H,2-6,10-11H2,1H3,(H,20,23)(H,19,21,22). The minimum atomic E-state index is 0.0612. The zero-order chi connectivity index (χ0) is 16.8. The van der Waals surface area contributed by atoms with Crippen LogP contribution in [0.1, 0.15) is 43.4 Å². The Morgan fingerprint density at radius 3 is 2.96 bits per heavy atom. The van der Waals surface area contributed by atoms with Gasteiger partial charge in [0.05, 0.1) is 12.1 Å². The van der Waals surface area contributed by atoms with Gasteiger partial charge in [0.15, 0.2) is 5.13 Å². The van der Waals surface area contributed by atoms with E-state index in [1.807, 2.05) is 24.4 Å². The van der Waals surface area contributed by atoms with Crippen molar-refractivity contribution in [3.8, 4) is 0 Å². The van der Waals surface area contributed by atoms with E-state index >= 15 is 0 Å². The SMILES string of the molecule is Cc1ccnc(Nc2nc(CC(=O)NCC3CCCCC3)cs2)c1. The van der Waals surface area contributed by atoms with Crippen LogP contribution in [-0.4, -0.2) is 22.4 Å². The van der Waals surface area contributed by atoms with E-state index in [0.717, 1.165) is 28.8 Å². The molecule has 0 saturated heterocycles. The Morgan fingerprint density at radius 1 is 1.33 bits per heavy atom. The number of hydrogen-bond acceptors (Lipinski definition) is 5. The Labute approximate surface area is 146 Å². The number of thiazole rings is 1. The quantitative estimate of drug-likeness (QED) is 0.836. The molecule has 3 rings (SSSR count). The summed E-state index contributed by atoms with van der Waals surface area (Å²) >= 11 is 1.50. The lowest BCUT2D eigenvalue weighted by atomic mass is 9.89. The van der Waals surface area contributed by atoms with Gasteiger partial charge >= 0.3 is 0 Å². The number of carbonyl (C=O) groups excluding carboxylic acids is 1. The summed E-state index contributed by atoms with van der Waals surface area (Å²) in [4.78, 5) is 20.8. The molecule has 1 aliphatic rings. The summed E-state index contributed by atoms with van der Waals surface area (Å²) in [7, 11) is 0. The van der Waals surface area contributed by atoms with Gasteiger partial charge in [0.25, 0.3) is 0 Å². The van der Waals surface area contributed by atoms with Gasteiger partial charge in [-0.1, -0.05) is 19.3 Å². The summed E-state index contributed by atoms with van der Waals surface area (Å²) in [6, 6.07) is 3.92. The first-order chi connectivity index (χ1) is 11.7. The molecular weight excluding hydrogens is 320 g/mol. The van der Waals surface area contributed by atoms with Crippen LogP contribution in [0.5, 0.6) is 0 Å². The van der Waals surface area contributed by atoms with Gasteiger partial charge in [0, 0.05) is 18.1 Å². The molecule has 2 aromatic heterocycles. The zero-order valence-electron chi connectivity index (χ0n) is 14.0. The highest BCUT2D eigenvalue weighted by molar-refractivity contribution is 7.13. The molecule has 1 saturated carbocycles. The van der Waals surface area contributed by atoms with Crippen molar-refractivity contribution < 1.29 is 4.79 Å². The summed E-state index contributed by atoms with van der Waals surface area (Å²) in [6.07, 6.45) is 8.54. The van der Waals surface area contributed by atoms with E-state index in [1.165, 1.54) is 43.4 Å². The first kappa shape index (κ1) is 16.9. The number of nitrogens with one attached hydrogen (secondary N) is 2. The highest BCUT2D eigenvalue weighted by atomic mass is 32.1. The Hall–Kier alpha value is -1.95. The molecule has 2 N–H and O–H groups in total. The molecule has 5 nitrogen and oxygen atoms in total. The smallest absolute Gasteiger partial charge is 0.226 e. The summed E-state index contributed by atoms with van der Waals surface area (Å²) in [5.74, 6) is 1.49. The van der Waals surface area contributed by atoms with Crippen molar-refractivity contribution in [1.82, 2.24) is 15.3 Å². The molecule has 1 amide bonds. The molecule has 0 aliphatic heterocycles. The van der Waals surface area contributed by atoms with Gasteiger partial charge in [-0.25, -0.2) is 9.97 Å². The number of rotatable bonds is 6. The fourth-order valence-electron chi connectivity index (χ4n) is 3.04. The maximum atomic E-state index is 12.1. The van der Waals surface area contributed by atoms with Gasteiger partial charge in [0.1, 0.15) is 5.82 Å². The highest BCUT2D eigenvalue weighted by Crippen LogP contribution is 2.23. The largest absolute Gasteiger partial charge is 0.355 e. The third-order valence-electron chi connectivity index (χ3n) is 4.36. The monoisotopic (exact) mass is 344 g/mol. The molecule has 0 bridgehead atoms. The fraction of sp³-hybridized carbons (Fsp3) is 0.500. The number of pyridine rings is 1. The second kappa shape index (κ2) is 8.24. The topological polar surface area (TPSA) is 66.9 Å². The fourth-order valence-corrected chi connectivity index (χ4v) is 3.75. The van der Waals surface area contributed by atoms with Crippen LogP contribution in [0, 0.1) is 12.8 Å². The predicted molar refractivity (Wildman–Crippen MR) is 97.7 cm³/mol. The Bertz CT molecular complexity index is 679. The van der Waals surface area contributed by atoms with E-state index in [0.29, 0.717) is 12.3 Å². The number of aryl methyl sites for hydroxylation is 1. The van der Waals surface area contributed by atoms with Crippen molar-refractivity contribution in [2.45, 2.75) is 45.4 Å². The lowest BCUT2D eigenvalue weighted by Crippen LogP contribution is -2.31. The van der Waals surface area contributed by atoms with Crippen LogP contribution in [0.15, 0.2) is 23.7 Å². The van der Waals surface area contributed by atoms with E-state index in [-0.39, 0.29) is 5.91 Å². The van der Waals surface area contributed by atoms with Gasteiger partial charge < -0.3 is 10.6 Å².